The van der Waals surface area contributed by atoms with Crippen molar-refractivity contribution in [2.24, 2.45) is 10.8 Å². The van der Waals surface area contributed by atoms with Gasteiger partial charge in [-0.2, -0.15) is 0 Å². The topological polar surface area (TPSA) is 15.3 Å². The molecule has 2 aliphatic heterocycles. The van der Waals surface area contributed by atoms with Crippen LogP contribution in [0.3, 0.4) is 0 Å². The average molecular weight is 293 g/mol. The smallest absolute Gasteiger partial charge is 0.00502 e. The number of hydrogen-bond donors (Lipinski definition) is 1. The minimum absolute atomic E-state index is 0.587. The van der Waals surface area contributed by atoms with Gasteiger partial charge in [0.25, 0.3) is 0 Å². The largest absolute Gasteiger partial charge is 0.316 e. The predicted molar refractivity (Wildman–Crippen MR) is 90.6 cm³/mol. The van der Waals surface area contributed by atoms with Gasteiger partial charge in [-0.25, -0.2) is 0 Å². The summed E-state index contributed by atoms with van der Waals surface area (Å²) in [6, 6.07) is 0. The van der Waals surface area contributed by atoms with Gasteiger partial charge >= 0.3 is 0 Å². The molecule has 0 aromatic rings. The van der Waals surface area contributed by atoms with Gasteiger partial charge in [0, 0.05) is 13.1 Å². The van der Waals surface area contributed by atoms with Crippen LogP contribution < -0.4 is 5.32 Å². The van der Waals surface area contributed by atoms with Crippen LogP contribution in [0.2, 0.25) is 0 Å². The molecule has 122 valence electrons. The van der Waals surface area contributed by atoms with Crippen LogP contribution in [0, 0.1) is 10.8 Å². The van der Waals surface area contributed by atoms with Gasteiger partial charge in [-0.15, -0.1) is 0 Å². The number of rotatable bonds is 4. The van der Waals surface area contributed by atoms with Crippen molar-refractivity contribution in [3.63, 3.8) is 0 Å². The maximum Gasteiger partial charge on any atom is 0.00502 e. The highest BCUT2D eigenvalue weighted by Gasteiger charge is 2.38. The van der Waals surface area contributed by atoms with Crippen molar-refractivity contribution in [3.05, 3.63) is 0 Å². The highest BCUT2D eigenvalue weighted by molar-refractivity contribution is 4.92. The van der Waals surface area contributed by atoms with E-state index in [-0.39, 0.29) is 0 Å². The molecule has 2 heterocycles. The maximum atomic E-state index is 3.68. The zero-order valence-electron chi connectivity index (χ0n) is 14.3. The van der Waals surface area contributed by atoms with E-state index >= 15 is 0 Å². The first-order valence-corrected chi connectivity index (χ1v) is 9.69. The van der Waals surface area contributed by atoms with Crippen molar-refractivity contribution in [1.29, 1.82) is 0 Å². The fourth-order valence-electron chi connectivity index (χ4n) is 5.45. The molecule has 2 saturated heterocycles. The number of nitrogens with one attached hydrogen (secondary N) is 1. The Hall–Kier alpha value is -0.0800. The Labute approximate surface area is 132 Å². The number of nitrogens with zero attached hydrogens (tertiary/aromatic N) is 1. The third kappa shape index (κ3) is 3.82. The van der Waals surface area contributed by atoms with Gasteiger partial charge in [0.2, 0.25) is 0 Å². The summed E-state index contributed by atoms with van der Waals surface area (Å²) < 4.78 is 0. The molecule has 1 saturated carbocycles. The van der Waals surface area contributed by atoms with E-state index in [1.54, 1.807) is 0 Å². The molecule has 1 N–H and O–H groups in total. The molecule has 0 aromatic heterocycles. The Morgan fingerprint density at radius 3 is 2.29 bits per heavy atom. The summed E-state index contributed by atoms with van der Waals surface area (Å²) in [5.74, 6) is 0. The molecule has 0 bridgehead atoms. The van der Waals surface area contributed by atoms with E-state index in [4.69, 9.17) is 0 Å². The number of hydrogen-bond acceptors (Lipinski definition) is 2. The minimum atomic E-state index is 0.587. The first kappa shape index (κ1) is 15.8. The number of piperidine rings is 2. The van der Waals surface area contributed by atoms with Crippen molar-refractivity contribution in [3.8, 4) is 0 Å². The molecule has 2 heteroatoms. The molecular formula is C19H36N2. The molecule has 3 rings (SSSR count). The van der Waals surface area contributed by atoms with Crippen LogP contribution in [-0.4, -0.2) is 37.6 Å². The van der Waals surface area contributed by atoms with Gasteiger partial charge in [0.15, 0.2) is 0 Å². The normalized spacial score (nSPS) is 34.1. The summed E-state index contributed by atoms with van der Waals surface area (Å²) >= 11 is 0. The second-order valence-electron chi connectivity index (χ2n) is 8.37. The molecule has 3 fully saturated rings. The lowest BCUT2D eigenvalue weighted by Gasteiger charge is -2.48. The minimum Gasteiger partial charge on any atom is -0.316 e. The standard InChI is InChI=1S/C19H36N2/c1-2-7-19(10-6-13-20-16-19)17-21-14-11-18(12-15-21)8-4-3-5-9-18/h20H,2-17H2,1H3. The van der Waals surface area contributed by atoms with Crippen LogP contribution in [0.4, 0.5) is 0 Å². The van der Waals surface area contributed by atoms with Crippen molar-refractivity contribution in [2.75, 3.05) is 32.7 Å². The fraction of sp³-hybridized carbons (Fsp3) is 1.00. The summed E-state index contributed by atoms with van der Waals surface area (Å²) in [5.41, 5.74) is 1.35. The second-order valence-corrected chi connectivity index (χ2v) is 8.37. The Morgan fingerprint density at radius 2 is 1.67 bits per heavy atom. The molecule has 1 unspecified atom stereocenters. The van der Waals surface area contributed by atoms with Crippen LogP contribution in [-0.2, 0) is 0 Å². The summed E-state index contributed by atoms with van der Waals surface area (Å²) in [6.07, 6.45) is 16.1. The predicted octanol–water partition coefficient (Wildman–Crippen LogP) is 4.20. The van der Waals surface area contributed by atoms with Crippen LogP contribution in [0.25, 0.3) is 0 Å². The van der Waals surface area contributed by atoms with Crippen molar-refractivity contribution in [2.45, 2.75) is 77.6 Å². The van der Waals surface area contributed by atoms with Crippen LogP contribution in [0.1, 0.15) is 77.6 Å². The van der Waals surface area contributed by atoms with Gasteiger partial charge < -0.3 is 10.2 Å². The van der Waals surface area contributed by atoms with E-state index < -0.39 is 0 Å². The van der Waals surface area contributed by atoms with Crippen molar-refractivity contribution in [1.82, 2.24) is 10.2 Å². The Balaban J connectivity index is 1.53. The summed E-state index contributed by atoms with van der Waals surface area (Å²) in [6.45, 7) is 9.00. The van der Waals surface area contributed by atoms with E-state index in [2.05, 4.69) is 17.1 Å². The fourth-order valence-corrected chi connectivity index (χ4v) is 5.45. The van der Waals surface area contributed by atoms with Gasteiger partial charge in [0.05, 0.1) is 0 Å². The van der Waals surface area contributed by atoms with Crippen LogP contribution in [0.15, 0.2) is 0 Å². The Bertz CT molecular complexity index is 298. The first-order chi connectivity index (χ1) is 10.3. The van der Waals surface area contributed by atoms with Crippen molar-refractivity contribution < 1.29 is 0 Å². The van der Waals surface area contributed by atoms with Gasteiger partial charge in [-0.1, -0.05) is 32.6 Å². The third-order valence-corrected chi connectivity index (χ3v) is 6.73. The molecule has 1 aliphatic carbocycles. The Kier molecular flexibility index (Phi) is 5.27. The third-order valence-electron chi connectivity index (χ3n) is 6.73. The molecule has 0 radical (unpaired) electrons. The molecule has 3 aliphatic rings. The van der Waals surface area contributed by atoms with E-state index in [0.717, 1.165) is 5.41 Å². The van der Waals surface area contributed by atoms with Gasteiger partial charge in [-0.05, 0) is 75.4 Å². The molecule has 0 amide bonds. The zero-order valence-corrected chi connectivity index (χ0v) is 14.3. The molecule has 1 atom stereocenters. The highest BCUT2D eigenvalue weighted by atomic mass is 15.1. The van der Waals surface area contributed by atoms with Crippen LogP contribution in [0.5, 0.6) is 0 Å². The van der Waals surface area contributed by atoms with E-state index in [9.17, 15) is 0 Å². The zero-order chi connectivity index (χ0) is 14.6. The lowest BCUT2D eigenvalue weighted by molar-refractivity contribution is 0.0311. The lowest BCUT2D eigenvalue weighted by atomic mass is 9.67. The summed E-state index contributed by atoms with van der Waals surface area (Å²) in [4.78, 5) is 2.82. The van der Waals surface area contributed by atoms with Crippen LogP contribution >= 0.6 is 0 Å². The van der Waals surface area contributed by atoms with Crippen molar-refractivity contribution >= 4 is 0 Å². The van der Waals surface area contributed by atoms with E-state index in [0.29, 0.717) is 5.41 Å². The highest BCUT2D eigenvalue weighted by Crippen LogP contribution is 2.45. The second kappa shape index (κ2) is 7.00. The molecule has 1 spiro atoms. The average Bonchev–Trinajstić information content (AvgIpc) is 2.52. The van der Waals surface area contributed by atoms with Gasteiger partial charge in [-0.3, -0.25) is 0 Å². The summed E-state index contributed by atoms with van der Waals surface area (Å²) in [7, 11) is 0. The maximum absolute atomic E-state index is 3.68. The molecule has 2 nitrogen and oxygen atoms in total. The monoisotopic (exact) mass is 292 g/mol. The van der Waals surface area contributed by atoms with E-state index in [1.807, 2.05) is 0 Å². The van der Waals surface area contributed by atoms with Gasteiger partial charge in [0.1, 0.15) is 0 Å². The molecule has 0 aromatic carbocycles. The quantitative estimate of drug-likeness (QED) is 0.835. The molecule has 21 heavy (non-hydrogen) atoms. The Morgan fingerprint density at radius 1 is 0.905 bits per heavy atom. The SMILES string of the molecule is CCCC1(CN2CCC3(CCCCC3)CC2)CCCNC1. The summed E-state index contributed by atoms with van der Waals surface area (Å²) in [5, 5.41) is 3.68. The van der Waals surface area contributed by atoms with E-state index in [1.165, 1.54) is 103 Å². The molecular weight excluding hydrogens is 256 g/mol. The first-order valence-electron chi connectivity index (χ1n) is 9.69. The number of likely N-dealkylation sites (tertiary alicyclic amines) is 1. The lowest BCUT2D eigenvalue weighted by Crippen LogP contribution is -2.50.